The van der Waals surface area contributed by atoms with Crippen molar-refractivity contribution in [3.63, 3.8) is 0 Å². The molecule has 1 aromatic carbocycles. The van der Waals surface area contributed by atoms with Crippen LogP contribution in [-0.4, -0.2) is 16.4 Å². The summed E-state index contributed by atoms with van der Waals surface area (Å²) >= 11 is 6.82. The van der Waals surface area contributed by atoms with Crippen LogP contribution < -0.4 is 4.74 Å². The van der Waals surface area contributed by atoms with Crippen LogP contribution in [0.25, 0.3) is 10.9 Å². The number of fused-ring (bicyclic) bond motifs is 1. The topological polar surface area (TPSA) is 52.1 Å². The fraction of sp³-hybridized carbons (Fsp3) is 0.182. The summed E-state index contributed by atoms with van der Waals surface area (Å²) in [6.45, 7) is 2.12. The smallest absolute Gasteiger partial charge is 0.299 e. The van der Waals surface area contributed by atoms with Crippen molar-refractivity contribution in [3.05, 3.63) is 29.6 Å². The van der Waals surface area contributed by atoms with Crippen molar-refractivity contribution in [2.75, 3.05) is 0 Å². The molecule has 0 aliphatic carbocycles. The lowest BCUT2D eigenvalue weighted by atomic mass is 10.1. The van der Waals surface area contributed by atoms with E-state index in [-0.39, 0.29) is 9.62 Å². The average Bonchev–Trinajstić information content (AvgIpc) is 2.28. The zero-order valence-electron chi connectivity index (χ0n) is 8.85. The SMILES string of the molecule is Cc1nc(OC=O)c2cc(C(Br)Br)ccc2n1. The minimum Gasteiger partial charge on any atom is -0.409 e. The lowest BCUT2D eigenvalue weighted by Crippen LogP contribution is -1.98. The van der Waals surface area contributed by atoms with Gasteiger partial charge in [-0.2, -0.15) is 4.98 Å². The highest BCUT2D eigenvalue weighted by molar-refractivity contribution is 9.24. The van der Waals surface area contributed by atoms with Crippen LogP contribution in [0.5, 0.6) is 5.88 Å². The molecule has 0 unspecified atom stereocenters. The number of benzene rings is 1. The van der Waals surface area contributed by atoms with Gasteiger partial charge in [0.05, 0.1) is 14.6 Å². The number of carbonyl (C=O) groups is 1. The number of halogens is 2. The second-order valence-electron chi connectivity index (χ2n) is 3.37. The van der Waals surface area contributed by atoms with E-state index < -0.39 is 0 Å². The van der Waals surface area contributed by atoms with Crippen molar-refractivity contribution in [2.24, 2.45) is 0 Å². The number of aryl methyl sites for hydroxylation is 1. The third-order valence-electron chi connectivity index (χ3n) is 2.21. The molecule has 0 bridgehead atoms. The molecule has 2 rings (SSSR count). The Balaban J connectivity index is 2.68. The van der Waals surface area contributed by atoms with Gasteiger partial charge in [0.2, 0.25) is 5.88 Å². The quantitative estimate of drug-likeness (QED) is 0.623. The van der Waals surface area contributed by atoms with Gasteiger partial charge < -0.3 is 4.74 Å². The molecule has 2 aromatic rings. The summed E-state index contributed by atoms with van der Waals surface area (Å²) in [5.74, 6) is 0.848. The summed E-state index contributed by atoms with van der Waals surface area (Å²) in [4.78, 5) is 18.8. The van der Waals surface area contributed by atoms with Crippen LogP contribution >= 0.6 is 31.9 Å². The molecular formula is C11H8Br2N2O2. The number of carbonyl (C=O) groups excluding carboxylic acids is 1. The highest BCUT2D eigenvalue weighted by Gasteiger charge is 2.10. The second kappa shape index (κ2) is 5.10. The molecule has 4 nitrogen and oxygen atoms in total. The minimum absolute atomic E-state index is 0.0322. The highest BCUT2D eigenvalue weighted by Crippen LogP contribution is 2.32. The summed E-state index contributed by atoms with van der Waals surface area (Å²) in [5.41, 5.74) is 1.75. The van der Waals surface area contributed by atoms with Crippen LogP contribution in [0.1, 0.15) is 15.1 Å². The van der Waals surface area contributed by atoms with Gasteiger partial charge in [-0.3, -0.25) is 4.79 Å². The number of ether oxygens (including phenoxy) is 1. The van der Waals surface area contributed by atoms with E-state index in [1.807, 2.05) is 18.2 Å². The van der Waals surface area contributed by atoms with Crippen molar-refractivity contribution >= 4 is 49.2 Å². The van der Waals surface area contributed by atoms with E-state index in [1.54, 1.807) is 6.92 Å². The first-order chi connectivity index (χ1) is 8.11. The van der Waals surface area contributed by atoms with Gasteiger partial charge in [0.25, 0.3) is 6.47 Å². The van der Waals surface area contributed by atoms with Gasteiger partial charge in [-0.05, 0) is 24.6 Å². The molecule has 0 atom stereocenters. The first kappa shape index (κ1) is 12.4. The fourth-order valence-electron chi connectivity index (χ4n) is 1.50. The van der Waals surface area contributed by atoms with Crippen molar-refractivity contribution in [1.29, 1.82) is 0 Å². The molecule has 0 radical (unpaired) electrons. The number of hydrogen-bond acceptors (Lipinski definition) is 4. The summed E-state index contributed by atoms with van der Waals surface area (Å²) in [5, 5.41) is 0.712. The van der Waals surface area contributed by atoms with E-state index in [1.165, 1.54) is 0 Å². The van der Waals surface area contributed by atoms with Gasteiger partial charge >= 0.3 is 0 Å². The van der Waals surface area contributed by atoms with E-state index in [9.17, 15) is 4.79 Å². The van der Waals surface area contributed by atoms with Crippen LogP contribution in [0.4, 0.5) is 0 Å². The Labute approximate surface area is 115 Å². The Morgan fingerprint density at radius 1 is 1.35 bits per heavy atom. The maximum absolute atomic E-state index is 10.4. The minimum atomic E-state index is 0.0322. The molecule has 1 aromatic heterocycles. The van der Waals surface area contributed by atoms with Crippen LogP contribution in [0, 0.1) is 6.92 Å². The number of rotatable bonds is 3. The van der Waals surface area contributed by atoms with Gasteiger partial charge in [-0.25, -0.2) is 4.98 Å². The maximum Gasteiger partial charge on any atom is 0.299 e. The lowest BCUT2D eigenvalue weighted by Gasteiger charge is -2.07. The number of hydrogen-bond donors (Lipinski definition) is 0. The van der Waals surface area contributed by atoms with Gasteiger partial charge in [-0.15, -0.1) is 0 Å². The molecule has 88 valence electrons. The molecule has 0 saturated carbocycles. The molecule has 0 amide bonds. The zero-order chi connectivity index (χ0) is 12.4. The molecule has 0 aliphatic rings. The first-order valence-corrected chi connectivity index (χ1v) is 6.61. The van der Waals surface area contributed by atoms with Crippen LogP contribution in [-0.2, 0) is 4.79 Å². The Hall–Kier alpha value is -1.01. The number of aromatic nitrogens is 2. The van der Waals surface area contributed by atoms with Crippen LogP contribution in [0.2, 0.25) is 0 Å². The van der Waals surface area contributed by atoms with Crippen molar-refractivity contribution in [2.45, 2.75) is 10.7 Å². The molecular weight excluding hydrogens is 352 g/mol. The van der Waals surface area contributed by atoms with Crippen molar-refractivity contribution in [3.8, 4) is 5.88 Å². The molecule has 6 heteroatoms. The summed E-state index contributed by atoms with van der Waals surface area (Å²) < 4.78 is 4.90. The van der Waals surface area contributed by atoms with Crippen molar-refractivity contribution in [1.82, 2.24) is 9.97 Å². The molecule has 0 fully saturated rings. The first-order valence-electron chi connectivity index (χ1n) is 4.78. The van der Waals surface area contributed by atoms with E-state index in [4.69, 9.17) is 4.74 Å². The molecule has 17 heavy (non-hydrogen) atoms. The van der Waals surface area contributed by atoms with E-state index in [0.29, 0.717) is 17.7 Å². The third-order valence-corrected chi connectivity index (χ3v) is 3.27. The zero-order valence-corrected chi connectivity index (χ0v) is 12.0. The largest absolute Gasteiger partial charge is 0.409 e. The van der Waals surface area contributed by atoms with Gasteiger partial charge in [0.15, 0.2) is 0 Å². The van der Waals surface area contributed by atoms with E-state index >= 15 is 0 Å². The fourth-order valence-corrected chi connectivity index (χ4v) is 2.07. The van der Waals surface area contributed by atoms with E-state index in [2.05, 4.69) is 41.8 Å². The standard InChI is InChI=1S/C11H8Br2N2O2/c1-6-14-9-3-2-7(10(12)13)4-8(9)11(15-6)17-5-16/h2-5,10H,1H3. The Morgan fingerprint density at radius 3 is 2.76 bits per heavy atom. The summed E-state index contributed by atoms with van der Waals surface area (Å²) in [7, 11) is 0. The molecule has 0 N–H and O–H groups in total. The lowest BCUT2D eigenvalue weighted by molar-refractivity contribution is -0.120. The molecule has 0 spiro atoms. The summed E-state index contributed by atoms with van der Waals surface area (Å²) in [6.07, 6.45) is 0. The van der Waals surface area contributed by atoms with Gasteiger partial charge in [0.1, 0.15) is 5.82 Å². The Morgan fingerprint density at radius 2 is 2.12 bits per heavy atom. The number of alkyl halides is 2. The predicted molar refractivity (Wildman–Crippen MR) is 71.6 cm³/mol. The summed E-state index contributed by atoms with van der Waals surface area (Å²) in [6, 6.07) is 5.68. The van der Waals surface area contributed by atoms with Crippen LogP contribution in [0.3, 0.4) is 0 Å². The third kappa shape index (κ3) is 2.63. The van der Waals surface area contributed by atoms with Crippen molar-refractivity contribution < 1.29 is 9.53 Å². The monoisotopic (exact) mass is 358 g/mol. The molecule has 0 aliphatic heterocycles. The Bertz CT molecular complexity index is 573. The normalized spacial score (nSPS) is 10.8. The van der Waals surface area contributed by atoms with Crippen LogP contribution in [0.15, 0.2) is 18.2 Å². The average molecular weight is 360 g/mol. The molecule has 1 heterocycles. The highest BCUT2D eigenvalue weighted by atomic mass is 79.9. The second-order valence-corrected chi connectivity index (χ2v) is 6.43. The predicted octanol–water partition coefficient (Wildman–Crippen LogP) is 3.26. The maximum atomic E-state index is 10.4. The van der Waals surface area contributed by atoms with Gasteiger partial charge in [0, 0.05) is 0 Å². The van der Waals surface area contributed by atoms with E-state index in [0.717, 1.165) is 11.1 Å². The van der Waals surface area contributed by atoms with Gasteiger partial charge in [-0.1, -0.05) is 37.9 Å². The molecule has 0 saturated heterocycles. The Kier molecular flexibility index (Phi) is 3.73. The number of nitrogens with zero attached hydrogens (tertiary/aromatic N) is 2.